The smallest absolute Gasteiger partial charge is 0.0653 e. The van der Waals surface area contributed by atoms with E-state index in [1.807, 2.05) is 30.6 Å². The minimum absolute atomic E-state index is 0.438. The van der Waals surface area contributed by atoms with E-state index < -0.39 is 0 Å². The van der Waals surface area contributed by atoms with Gasteiger partial charge in [0.1, 0.15) is 0 Å². The largest absolute Gasteiger partial charge is 0.369 e. The Hall–Kier alpha value is -3.28. The highest BCUT2D eigenvalue weighted by atomic mass is 15.2. The molecule has 2 aliphatic rings. The fourth-order valence-corrected chi connectivity index (χ4v) is 5.16. The van der Waals surface area contributed by atoms with Gasteiger partial charge in [0.25, 0.3) is 0 Å². The SMILES string of the molecule is C1=CN(CCc2ccccn2)C2C(=C1)CCCC2NCc1ccc(CNCc2ccccn2)cc1. The number of fused-ring (bicyclic) bond motifs is 1. The molecule has 0 saturated heterocycles. The summed E-state index contributed by atoms with van der Waals surface area (Å²) in [6.07, 6.45) is 15.2. The van der Waals surface area contributed by atoms with Crippen LogP contribution in [0.5, 0.6) is 0 Å². The van der Waals surface area contributed by atoms with Crippen LogP contribution in [0.4, 0.5) is 0 Å². The van der Waals surface area contributed by atoms with Crippen molar-refractivity contribution in [3.05, 3.63) is 119 Å². The Balaban J connectivity index is 1.14. The summed E-state index contributed by atoms with van der Waals surface area (Å²) in [5, 5.41) is 7.37. The van der Waals surface area contributed by atoms with Gasteiger partial charge < -0.3 is 15.5 Å². The summed E-state index contributed by atoms with van der Waals surface area (Å²) >= 11 is 0. The van der Waals surface area contributed by atoms with Crippen molar-refractivity contribution in [2.24, 2.45) is 0 Å². The van der Waals surface area contributed by atoms with E-state index in [1.54, 1.807) is 5.57 Å². The molecule has 0 amide bonds. The lowest BCUT2D eigenvalue weighted by Gasteiger charge is -2.43. The highest BCUT2D eigenvalue weighted by molar-refractivity contribution is 5.28. The topological polar surface area (TPSA) is 53.1 Å². The van der Waals surface area contributed by atoms with Crippen molar-refractivity contribution >= 4 is 0 Å². The van der Waals surface area contributed by atoms with Crippen molar-refractivity contribution in [2.45, 2.75) is 57.4 Å². The average molecular weight is 466 g/mol. The van der Waals surface area contributed by atoms with Crippen molar-refractivity contribution in [3.8, 4) is 0 Å². The molecule has 5 rings (SSSR count). The molecular formula is C30H35N5. The Morgan fingerprint density at radius 3 is 2.31 bits per heavy atom. The number of allylic oxidation sites excluding steroid dienone is 2. The standard InChI is InChI=1S/C30H35N5/c1-3-17-32-27(9-1)16-20-35-19-6-8-26-7-5-11-29(30(26)35)34-22-25-14-12-24(13-15-25)21-31-23-28-10-2-4-18-33-28/h1-4,6,8-10,12-15,17-19,29-31,34H,5,7,11,16,20-23H2. The first-order valence-electron chi connectivity index (χ1n) is 12.8. The van der Waals surface area contributed by atoms with Crippen LogP contribution in [-0.2, 0) is 26.1 Å². The minimum atomic E-state index is 0.438. The van der Waals surface area contributed by atoms with E-state index in [0.29, 0.717) is 12.1 Å². The maximum absolute atomic E-state index is 4.51. The number of nitrogens with zero attached hydrogens (tertiary/aromatic N) is 3. The van der Waals surface area contributed by atoms with E-state index >= 15 is 0 Å². The monoisotopic (exact) mass is 465 g/mol. The molecule has 2 N–H and O–H groups in total. The van der Waals surface area contributed by atoms with Crippen LogP contribution in [0.25, 0.3) is 0 Å². The van der Waals surface area contributed by atoms with Crippen molar-refractivity contribution in [1.82, 2.24) is 25.5 Å². The van der Waals surface area contributed by atoms with Gasteiger partial charge in [0.05, 0.1) is 11.7 Å². The van der Waals surface area contributed by atoms with E-state index in [-0.39, 0.29) is 0 Å². The molecule has 2 unspecified atom stereocenters. The van der Waals surface area contributed by atoms with Gasteiger partial charge in [-0.25, -0.2) is 0 Å². The van der Waals surface area contributed by atoms with Gasteiger partial charge in [-0.2, -0.15) is 0 Å². The first-order valence-corrected chi connectivity index (χ1v) is 12.8. The maximum Gasteiger partial charge on any atom is 0.0653 e. The van der Waals surface area contributed by atoms with Gasteiger partial charge in [-0.05, 0) is 72.5 Å². The van der Waals surface area contributed by atoms with Crippen LogP contribution in [0.2, 0.25) is 0 Å². The fraction of sp³-hybridized carbons (Fsp3) is 0.333. The molecule has 2 atom stereocenters. The van der Waals surface area contributed by atoms with Crippen LogP contribution in [0, 0.1) is 0 Å². The van der Waals surface area contributed by atoms with Gasteiger partial charge in [0.2, 0.25) is 0 Å². The number of nitrogens with one attached hydrogen (secondary N) is 2. The van der Waals surface area contributed by atoms with E-state index in [2.05, 4.69) is 86.3 Å². The van der Waals surface area contributed by atoms with E-state index in [4.69, 9.17) is 0 Å². The molecule has 5 heteroatoms. The maximum atomic E-state index is 4.51. The Kier molecular flexibility index (Phi) is 7.99. The van der Waals surface area contributed by atoms with Crippen molar-refractivity contribution < 1.29 is 0 Å². The van der Waals surface area contributed by atoms with Gasteiger partial charge in [0.15, 0.2) is 0 Å². The summed E-state index contributed by atoms with van der Waals surface area (Å²) in [5.74, 6) is 0. The number of rotatable bonds is 10. The van der Waals surface area contributed by atoms with Gasteiger partial charge in [-0.1, -0.05) is 42.5 Å². The molecule has 1 fully saturated rings. The highest BCUT2D eigenvalue weighted by Crippen LogP contribution is 2.31. The Morgan fingerprint density at radius 2 is 1.57 bits per heavy atom. The molecule has 0 spiro atoms. The molecule has 1 aliphatic heterocycles. The molecule has 35 heavy (non-hydrogen) atoms. The third-order valence-corrected chi connectivity index (χ3v) is 6.99. The fourth-order valence-electron chi connectivity index (χ4n) is 5.16. The Labute approximate surface area is 209 Å². The second kappa shape index (κ2) is 11.9. The van der Waals surface area contributed by atoms with Gasteiger partial charge >= 0.3 is 0 Å². The zero-order valence-electron chi connectivity index (χ0n) is 20.3. The summed E-state index contributed by atoms with van der Waals surface area (Å²) < 4.78 is 0. The Morgan fingerprint density at radius 1 is 0.829 bits per heavy atom. The third kappa shape index (κ3) is 6.44. The number of pyridine rings is 2. The van der Waals surface area contributed by atoms with Crippen LogP contribution in [0.15, 0.2) is 97.0 Å². The summed E-state index contributed by atoms with van der Waals surface area (Å²) in [5.41, 5.74) is 6.42. The van der Waals surface area contributed by atoms with Gasteiger partial charge in [-0.15, -0.1) is 0 Å². The predicted octanol–water partition coefficient (Wildman–Crippen LogP) is 4.78. The average Bonchev–Trinajstić information content (AvgIpc) is 2.92. The summed E-state index contributed by atoms with van der Waals surface area (Å²) in [7, 11) is 0. The van der Waals surface area contributed by atoms with Gasteiger partial charge in [0, 0.05) is 56.7 Å². The van der Waals surface area contributed by atoms with Gasteiger partial charge in [-0.3, -0.25) is 9.97 Å². The molecule has 2 aromatic heterocycles. The second-order valence-electron chi connectivity index (χ2n) is 9.46. The zero-order valence-corrected chi connectivity index (χ0v) is 20.3. The third-order valence-electron chi connectivity index (χ3n) is 6.99. The predicted molar refractivity (Wildman–Crippen MR) is 141 cm³/mol. The van der Waals surface area contributed by atoms with E-state index in [0.717, 1.165) is 44.0 Å². The molecule has 3 aromatic rings. The first-order chi connectivity index (χ1) is 17.3. The first kappa shape index (κ1) is 23.5. The van der Waals surface area contributed by atoms with Crippen LogP contribution >= 0.6 is 0 Å². The zero-order chi connectivity index (χ0) is 23.7. The Bertz CT molecular complexity index is 1110. The van der Waals surface area contributed by atoms with Crippen LogP contribution in [-0.4, -0.2) is 33.5 Å². The van der Waals surface area contributed by atoms with Crippen molar-refractivity contribution in [3.63, 3.8) is 0 Å². The lowest BCUT2D eigenvalue weighted by Crippen LogP contribution is -2.52. The number of aromatic nitrogens is 2. The second-order valence-corrected chi connectivity index (χ2v) is 9.46. The molecule has 1 aromatic carbocycles. The van der Waals surface area contributed by atoms with Crippen molar-refractivity contribution in [1.29, 1.82) is 0 Å². The molecule has 0 radical (unpaired) electrons. The molecule has 1 aliphatic carbocycles. The molecule has 3 heterocycles. The number of benzene rings is 1. The minimum Gasteiger partial charge on any atom is -0.369 e. The number of hydrogen-bond acceptors (Lipinski definition) is 5. The van der Waals surface area contributed by atoms with Crippen molar-refractivity contribution in [2.75, 3.05) is 6.54 Å². The normalized spacial score (nSPS) is 19.3. The molecule has 180 valence electrons. The lowest BCUT2D eigenvalue weighted by molar-refractivity contribution is 0.212. The molecule has 5 nitrogen and oxygen atoms in total. The summed E-state index contributed by atoms with van der Waals surface area (Å²) in [6.45, 7) is 3.52. The van der Waals surface area contributed by atoms with E-state index in [9.17, 15) is 0 Å². The van der Waals surface area contributed by atoms with Crippen LogP contribution in [0.3, 0.4) is 0 Å². The van der Waals surface area contributed by atoms with Crippen LogP contribution in [0.1, 0.15) is 41.8 Å². The molecular weight excluding hydrogens is 430 g/mol. The number of hydrogen-bond donors (Lipinski definition) is 2. The molecule has 1 saturated carbocycles. The summed E-state index contributed by atoms with van der Waals surface area (Å²) in [4.78, 5) is 11.4. The quantitative estimate of drug-likeness (QED) is 0.452. The molecule has 0 bridgehead atoms. The summed E-state index contributed by atoms with van der Waals surface area (Å²) in [6, 6.07) is 22.1. The highest BCUT2D eigenvalue weighted by Gasteiger charge is 2.33. The van der Waals surface area contributed by atoms with E-state index in [1.165, 1.54) is 30.4 Å². The van der Waals surface area contributed by atoms with Crippen LogP contribution < -0.4 is 10.6 Å². The lowest BCUT2D eigenvalue weighted by atomic mass is 9.83.